The Morgan fingerprint density at radius 3 is 1.43 bits per heavy atom. The first-order valence-electron chi connectivity index (χ1n) is 16.8. The second-order valence-corrected chi connectivity index (χ2v) is 19.5. The van der Waals surface area contributed by atoms with Crippen molar-refractivity contribution < 1.29 is 26.2 Å². The maximum atomic E-state index is 3.97. The van der Waals surface area contributed by atoms with Crippen molar-refractivity contribution in [2.45, 2.75) is 60.8 Å². The Labute approximate surface area is 306 Å². The van der Waals surface area contributed by atoms with Gasteiger partial charge in [0.1, 0.15) is 0 Å². The van der Waals surface area contributed by atoms with Crippen LogP contribution in [0.4, 0.5) is 0 Å². The van der Waals surface area contributed by atoms with Gasteiger partial charge in [-0.2, -0.15) is 26.2 Å². The molecule has 0 aliphatic heterocycles. The Kier molecular flexibility index (Phi) is 16.5. The third kappa shape index (κ3) is 9.53. The van der Waals surface area contributed by atoms with Gasteiger partial charge in [0.15, 0.2) is 0 Å². The zero-order valence-electron chi connectivity index (χ0n) is 29.0. The fourth-order valence-corrected chi connectivity index (χ4v) is 15.5. The molecule has 2 nitrogen and oxygen atoms in total. The van der Waals surface area contributed by atoms with E-state index in [1.807, 2.05) is 27.7 Å². The first-order chi connectivity index (χ1) is 21.9. The molecule has 4 aromatic carbocycles. The van der Waals surface area contributed by atoms with Crippen molar-refractivity contribution in [2.75, 3.05) is 26.2 Å². The molecule has 0 saturated carbocycles. The van der Waals surface area contributed by atoms with Crippen LogP contribution in [0.5, 0.6) is 0 Å². The standard InChI is InChI=1S/C17H15.C16H13.2C4H10N.CH3.Sn.Zr/c1-12-11-17-15(13(12)2)9-6-10-16(17)14-7-4-3-5-8-14;1-12-10-14-8-5-9-15(16(14)11-12)13-6-3-2-4-7-13;2*1-3-5-4-2;;;/h3-11,13H,2H2,1H3;2-11H,1H3;2*3-4H2,1-2H3;1H3;;/q;;2*-1;;;+2. The monoisotopic (exact) mass is 793 g/mol. The molecule has 0 fully saturated rings. The maximum Gasteiger partial charge on any atom is 2.00 e. The zero-order valence-corrected chi connectivity index (χ0v) is 34.3. The number of fused-ring (bicyclic) bond motifs is 2. The number of hydrogen-bond donors (Lipinski definition) is 0. The molecule has 0 N–H and O–H groups in total. The number of rotatable bonds is 9. The van der Waals surface area contributed by atoms with E-state index >= 15 is 0 Å². The van der Waals surface area contributed by atoms with Gasteiger partial charge in [-0.15, -0.1) is 0 Å². The molecule has 6 rings (SSSR count). The third-order valence-corrected chi connectivity index (χ3v) is 16.8. The summed E-state index contributed by atoms with van der Waals surface area (Å²) in [6, 6.07) is 35.7. The molecule has 2 aliphatic rings. The quantitative estimate of drug-likeness (QED) is 0.151. The zero-order chi connectivity index (χ0) is 32.2. The summed E-state index contributed by atoms with van der Waals surface area (Å²) in [4.78, 5) is 2.65. The molecule has 2 aliphatic carbocycles. The molecule has 4 aromatic rings. The first-order valence-corrected chi connectivity index (χ1v) is 23.3. The Bertz CT molecular complexity index is 1550. The van der Waals surface area contributed by atoms with Gasteiger partial charge >= 0.3 is 244 Å². The average Bonchev–Trinajstić information content (AvgIpc) is 3.58. The maximum absolute atomic E-state index is 3.97. The van der Waals surface area contributed by atoms with Crippen LogP contribution in [-0.4, -0.2) is 45.9 Å². The molecule has 0 saturated heterocycles. The normalized spacial score (nSPS) is 15.7. The molecule has 0 spiro atoms. The first kappa shape index (κ1) is 38.4. The van der Waals surface area contributed by atoms with Gasteiger partial charge in [-0.25, -0.2) is 0 Å². The van der Waals surface area contributed by atoms with Crippen molar-refractivity contribution in [3.8, 4) is 22.3 Å². The SMILES string of the molecule is CC1=Cc2c(-c3ccccc3)cccc2C1[CH2][Sn]([CH3])[CH]1C(C)=Cc2c(-c3ccccc3)cccc21.CC[N-]CC.CC[N-]CC.[Zr+2]. The van der Waals surface area contributed by atoms with E-state index in [0.717, 1.165) is 26.2 Å². The van der Waals surface area contributed by atoms with Crippen LogP contribution in [0.1, 0.15) is 73.6 Å². The van der Waals surface area contributed by atoms with Crippen LogP contribution in [0.2, 0.25) is 9.38 Å². The molecule has 2 unspecified atom stereocenters. The Morgan fingerprint density at radius 2 is 0.978 bits per heavy atom. The fourth-order valence-electron chi connectivity index (χ4n) is 6.72. The molecule has 0 bridgehead atoms. The minimum Gasteiger partial charge on any atom is -0.663 e. The van der Waals surface area contributed by atoms with Gasteiger partial charge in [0.2, 0.25) is 0 Å². The van der Waals surface area contributed by atoms with E-state index in [1.165, 1.54) is 37.8 Å². The van der Waals surface area contributed by atoms with Crippen molar-refractivity contribution in [3.63, 3.8) is 0 Å². The van der Waals surface area contributed by atoms with Crippen LogP contribution in [0.15, 0.2) is 108 Å². The van der Waals surface area contributed by atoms with Gasteiger partial charge in [-0.1, -0.05) is 27.7 Å². The summed E-state index contributed by atoms with van der Waals surface area (Å²) < 4.78 is 2.03. The summed E-state index contributed by atoms with van der Waals surface area (Å²) in [7, 11) is 0. The van der Waals surface area contributed by atoms with E-state index in [0.29, 0.717) is 9.85 Å². The van der Waals surface area contributed by atoms with Crippen LogP contribution < -0.4 is 0 Å². The second-order valence-electron chi connectivity index (χ2n) is 11.9. The van der Waals surface area contributed by atoms with Crippen molar-refractivity contribution in [1.82, 2.24) is 0 Å². The van der Waals surface area contributed by atoms with Crippen LogP contribution >= 0.6 is 0 Å². The van der Waals surface area contributed by atoms with E-state index in [4.69, 9.17) is 0 Å². The van der Waals surface area contributed by atoms with E-state index in [1.54, 1.807) is 22.3 Å². The number of benzene rings is 4. The predicted molar refractivity (Wildman–Crippen MR) is 202 cm³/mol. The van der Waals surface area contributed by atoms with Crippen LogP contribution in [-0.2, 0) is 26.2 Å². The number of allylic oxidation sites excluding steroid dienone is 2. The van der Waals surface area contributed by atoms with Crippen molar-refractivity contribution in [1.29, 1.82) is 0 Å². The van der Waals surface area contributed by atoms with E-state index < -0.39 is 19.8 Å². The average molecular weight is 794 g/mol. The number of hydrogen-bond acceptors (Lipinski definition) is 0. The van der Waals surface area contributed by atoms with E-state index in [-0.39, 0.29) is 26.2 Å². The summed E-state index contributed by atoms with van der Waals surface area (Å²) in [5, 5.41) is 7.94. The molecule has 0 aromatic heterocycles. The minimum atomic E-state index is -1.81. The molecule has 2 atom stereocenters. The molecule has 0 amide bonds. The molecule has 4 heteroatoms. The molecule has 237 valence electrons. The molecule has 1 radical (unpaired) electrons. The Morgan fingerprint density at radius 1 is 0.543 bits per heavy atom. The van der Waals surface area contributed by atoms with E-state index in [2.05, 4.69) is 139 Å². The van der Waals surface area contributed by atoms with Gasteiger partial charge in [0, 0.05) is 0 Å². The second kappa shape index (κ2) is 19.7. The van der Waals surface area contributed by atoms with Crippen molar-refractivity contribution in [2.24, 2.45) is 0 Å². The predicted octanol–water partition coefficient (Wildman–Crippen LogP) is 12.2. The van der Waals surface area contributed by atoms with Crippen molar-refractivity contribution in [3.05, 3.63) is 141 Å². The van der Waals surface area contributed by atoms with Crippen molar-refractivity contribution >= 4 is 31.9 Å². The topological polar surface area (TPSA) is 28.2 Å². The van der Waals surface area contributed by atoms with Gasteiger partial charge in [-0.05, 0) is 0 Å². The Balaban J connectivity index is 0.000000460. The fraction of sp³-hybridized carbons (Fsp3) is 0.333. The summed E-state index contributed by atoms with van der Waals surface area (Å²) >= 11 is -1.81. The molecule has 46 heavy (non-hydrogen) atoms. The molecular weight excluding hydrogens is 742 g/mol. The van der Waals surface area contributed by atoms with Crippen LogP contribution in [0, 0.1) is 0 Å². The molecular formula is C42H51N2SnZr. The number of nitrogens with zero attached hydrogens (tertiary/aromatic N) is 2. The third-order valence-electron chi connectivity index (χ3n) is 8.80. The van der Waals surface area contributed by atoms with Gasteiger partial charge in [0.25, 0.3) is 0 Å². The van der Waals surface area contributed by atoms with Gasteiger partial charge < -0.3 is 10.6 Å². The van der Waals surface area contributed by atoms with Gasteiger partial charge in [0.05, 0.1) is 0 Å². The summed E-state index contributed by atoms with van der Waals surface area (Å²) in [6.45, 7) is 16.8. The van der Waals surface area contributed by atoms with Crippen LogP contribution in [0.3, 0.4) is 0 Å². The summed E-state index contributed by atoms with van der Waals surface area (Å²) in [6.07, 6.45) is 4.96. The van der Waals surface area contributed by atoms with Crippen LogP contribution in [0.25, 0.3) is 45.0 Å². The summed E-state index contributed by atoms with van der Waals surface area (Å²) in [5.74, 6) is 0.571. The largest absolute Gasteiger partial charge is 2.00 e. The summed E-state index contributed by atoms with van der Waals surface area (Å²) in [5.41, 5.74) is 14.6. The smallest absolute Gasteiger partial charge is 0.663 e. The Hall–Kier alpha value is -2.04. The van der Waals surface area contributed by atoms with E-state index in [9.17, 15) is 0 Å². The molecule has 0 heterocycles. The minimum absolute atomic E-state index is 0. The van der Waals surface area contributed by atoms with Gasteiger partial charge in [-0.3, -0.25) is 0 Å².